The number of rotatable bonds is 1. The minimum atomic E-state index is -0.493. The summed E-state index contributed by atoms with van der Waals surface area (Å²) in [6, 6.07) is 8.71. The van der Waals surface area contributed by atoms with Crippen molar-refractivity contribution in [3.8, 4) is 0 Å². The van der Waals surface area contributed by atoms with Gasteiger partial charge in [0, 0.05) is 31.0 Å². The average molecular weight is 295 g/mol. The van der Waals surface area contributed by atoms with Gasteiger partial charge in [-0.2, -0.15) is 0 Å². The minimum Gasteiger partial charge on any atom is -0.367 e. The zero-order chi connectivity index (χ0) is 15.9. The Labute approximate surface area is 135 Å². The Hall–Kier alpha value is -1.28. The third-order valence-electron chi connectivity index (χ3n) is 6.95. The normalized spacial score (nSPS) is 46.2. The molecule has 4 aliphatic rings. The molecule has 2 fully saturated rings. The Bertz CT molecular complexity index is 701. The molecule has 0 saturated carbocycles. The number of piperidine rings is 1. The van der Waals surface area contributed by atoms with Gasteiger partial charge in [-0.1, -0.05) is 37.3 Å². The van der Waals surface area contributed by atoms with E-state index in [0.717, 1.165) is 25.9 Å². The summed E-state index contributed by atoms with van der Waals surface area (Å²) in [6.45, 7) is 4.46. The lowest BCUT2D eigenvalue weighted by atomic mass is 9.55. The quantitative estimate of drug-likeness (QED) is 0.731. The van der Waals surface area contributed by atoms with Crippen molar-refractivity contribution >= 4 is 5.69 Å². The number of likely N-dealkylation sites (N-methyl/N-ethyl adjacent to an activating group) is 1. The van der Waals surface area contributed by atoms with E-state index < -0.39 is 6.02 Å². The van der Waals surface area contributed by atoms with Gasteiger partial charge in [0.15, 0.2) is 0 Å². The van der Waals surface area contributed by atoms with E-state index >= 15 is 0 Å². The van der Waals surface area contributed by atoms with E-state index in [1.165, 1.54) is 24.1 Å². The maximum atomic E-state index is 9.89. The van der Waals surface area contributed by atoms with Crippen LogP contribution in [0.25, 0.3) is 0 Å². The fourth-order valence-corrected chi connectivity index (χ4v) is 6.05. The number of benzene rings is 1. The molecule has 0 bridgehead atoms. The van der Waals surface area contributed by atoms with Gasteiger partial charge in [-0.25, -0.2) is 0 Å². The van der Waals surface area contributed by atoms with Gasteiger partial charge in [-0.05, 0) is 50.4 Å². The van der Waals surface area contributed by atoms with Crippen molar-refractivity contribution in [1.82, 2.24) is 4.90 Å². The first-order chi connectivity index (χ1) is 11.1. The van der Waals surface area contributed by atoms with Gasteiger partial charge < -0.3 is 4.90 Å². The molecule has 1 aromatic rings. The van der Waals surface area contributed by atoms with E-state index in [4.69, 9.17) is 0 Å². The van der Waals surface area contributed by atoms with Crippen LogP contribution >= 0.6 is 0 Å². The van der Waals surface area contributed by atoms with Gasteiger partial charge in [0.1, 0.15) is 0 Å². The highest BCUT2D eigenvalue weighted by Crippen LogP contribution is 2.62. The summed E-state index contributed by atoms with van der Waals surface area (Å²) in [4.78, 5) is 4.95. The molecule has 5 rings (SSSR count). The highest BCUT2D eigenvalue weighted by atomic mass is 15.3. The number of anilines is 1. The number of nitrogens with zero attached hydrogens (tertiary/aromatic N) is 2. The van der Waals surface area contributed by atoms with Gasteiger partial charge in [-0.3, -0.25) is 4.90 Å². The summed E-state index contributed by atoms with van der Waals surface area (Å²) in [6.07, 6.45) is 9.48. The minimum absolute atomic E-state index is 0.0105. The number of hydrogen-bond acceptors (Lipinski definition) is 2. The van der Waals surface area contributed by atoms with E-state index in [1.807, 2.05) is 0 Å². The second-order valence-electron chi connectivity index (χ2n) is 7.60. The Morgan fingerprint density at radius 1 is 1.27 bits per heavy atom. The summed E-state index contributed by atoms with van der Waals surface area (Å²) < 4.78 is 9.89. The van der Waals surface area contributed by atoms with Crippen molar-refractivity contribution < 1.29 is 1.37 Å². The molecule has 1 spiro atoms. The highest BCUT2D eigenvalue weighted by molar-refractivity contribution is 5.68. The fraction of sp³-hybridized carbons (Fsp3) is 0.600. The molecule has 1 aromatic carbocycles. The number of fused-ring (bicyclic) bond motifs is 1. The molecule has 116 valence electrons. The van der Waals surface area contributed by atoms with Gasteiger partial charge >= 0.3 is 0 Å². The second-order valence-corrected chi connectivity index (χ2v) is 7.60. The Balaban J connectivity index is 1.84. The molecule has 2 saturated heterocycles. The molecular formula is C20H26N2. The molecule has 3 heterocycles. The molecule has 0 amide bonds. The van der Waals surface area contributed by atoms with Crippen LogP contribution in [-0.4, -0.2) is 37.1 Å². The van der Waals surface area contributed by atoms with Gasteiger partial charge in [0.2, 0.25) is 0 Å². The summed E-state index contributed by atoms with van der Waals surface area (Å²) in [5, 5.41) is 0. The van der Waals surface area contributed by atoms with Crippen molar-refractivity contribution in [2.45, 2.75) is 50.1 Å². The third kappa shape index (κ3) is 1.28. The van der Waals surface area contributed by atoms with Crippen LogP contribution in [0, 0.1) is 5.41 Å². The van der Waals surface area contributed by atoms with Crippen molar-refractivity contribution in [3.05, 3.63) is 42.0 Å². The predicted molar refractivity (Wildman–Crippen MR) is 91.4 cm³/mol. The first-order valence-electron chi connectivity index (χ1n) is 9.37. The van der Waals surface area contributed by atoms with Gasteiger partial charge in [0.25, 0.3) is 0 Å². The molecule has 3 aliphatic heterocycles. The van der Waals surface area contributed by atoms with E-state index in [0.29, 0.717) is 6.04 Å². The molecule has 0 aromatic heterocycles. The molecular weight excluding hydrogens is 268 g/mol. The van der Waals surface area contributed by atoms with Crippen LogP contribution in [0.15, 0.2) is 36.4 Å². The summed E-state index contributed by atoms with van der Waals surface area (Å²) >= 11 is 0. The molecule has 0 radical (unpaired) electrons. The molecule has 2 nitrogen and oxygen atoms in total. The standard InChI is InChI=1S/C20H26N2/c1-3-19-10-6-13-22-14-12-20(18(19)22)15-7-4-5-8-16(15)21(2)17(20)9-11-19/h4-5,7-9,11,17-18H,3,6,10,12-14H2,1-2H3/t17-,18-,19-,20-/m0/s1/i18D. The van der Waals surface area contributed by atoms with Crippen molar-refractivity contribution in [2.24, 2.45) is 5.41 Å². The van der Waals surface area contributed by atoms with Crippen LogP contribution in [-0.2, 0) is 5.41 Å². The van der Waals surface area contributed by atoms with Crippen LogP contribution in [0.2, 0.25) is 0 Å². The second kappa shape index (κ2) is 4.17. The monoisotopic (exact) mass is 295 g/mol. The van der Waals surface area contributed by atoms with Crippen LogP contribution < -0.4 is 4.90 Å². The number of hydrogen-bond donors (Lipinski definition) is 0. The highest BCUT2D eigenvalue weighted by Gasteiger charge is 2.65. The van der Waals surface area contributed by atoms with E-state index in [1.54, 1.807) is 0 Å². The van der Waals surface area contributed by atoms with Gasteiger partial charge in [-0.15, -0.1) is 0 Å². The lowest BCUT2D eigenvalue weighted by molar-refractivity contribution is 0.0301. The summed E-state index contributed by atoms with van der Waals surface area (Å²) in [5.41, 5.74) is 2.71. The third-order valence-corrected chi connectivity index (χ3v) is 6.95. The van der Waals surface area contributed by atoms with E-state index in [9.17, 15) is 1.37 Å². The molecule has 0 N–H and O–H groups in total. The lowest BCUT2D eigenvalue weighted by Gasteiger charge is -2.55. The van der Waals surface area contributed by atoms with Crippen molar-refractivity contribution in [3.63, 3.8) is 0 Å². The summed E-state index contributed by atoms with van der Waals surface area (Å²) in [5.74, 6) is 0. The maximum Gasteiger partial charge on any atom is 0.0583 e. The van der Waals surface area contributed by atoms with E-state index in [-0.39, 0.29) is 10.8 Å². The molecule has 2 heteroatoms. The van der Waals surface area contributed by atoms with Crippen LogP contribution in [0.1, 0.15) is 39.5 Å². The smallest absolute Gasteiger partial charge is 0.0583 e. The fourth-order valence-electron chi connectivity index (χ4n) is 6.05. The number of para-hydroxylation sites is 1. The van der Waals surface area contributed by atoms with Gasteiger partial charge in [0.05, 0.1) is 6.04 Å². The average Bonchev–Trinajstić information content (AvgIpc) is 3.02. The van der Waals surface area contributed by atoms with Crippen LogP contribution in [0.3, 0.4) is 0 Å². The first kappa shape index (κ1) is 12.2. The SMILES string of the molecule is [2H][C@]12N3CCC[C@@]1(CC)C=C[C@@H]1N(C)c4ccccc4[C@@]12CC3. The Morgan fingerprint density at radius 2 is 2.14 bits per heavy atom. The van der Waals surface area contributed by atoms with Crippen LogP contribution in [0.5, 0.6) is 0 Å². The summed E-state index contributed by atoms with van der Waals surface area (Å²) in [7, 11) is 2.22. The molecule has 22 heavy (non-hydrogen) atoms. The molecule has 1 aliphatic carbocycles. The van der Waals surface area contributed by atoms with Crippen LogP contribution in [0.4, 0.5) is 5.69 Å². The molecule has 0 unspecified atom stereocenters. The zero-order valence-electron chi connectivity index (χ0n) is 14.7. The van der Waals surface area contributed by atoms with E-state index in [2.05, 4.69) is 60.2 Å². The van der Waals surface area contributed by atoms with Crippen molar-refractivity contribution in [1.29, 1.82) is 0 Å². The van der Waals surface area contributed by atoms with Crippen molar-refractivity contribution in [2.75, 3.05) is 25.0 Å². The Kier molecular flexibility index (Phi) is 2.31. The predicted octanol–water partition coefficient (Wildman–Crippen LogP) is 3.58. The Morgan fingerprint density at radius 3 is 3.00 bits per heavy atom. The zero-order valence-corrected chi connectivity index (χ0v) is 13.7. The first-order valence-corrected chi connectivity index (χ1v) is 8.87. The topological polar surface area (TPSA) is 6.48 Å². The maximum absolute atomic E-state index is 9.89. The molecule has 4 atom stereocenters. The lowest BCUT2D eigenvalue weighted by Crippen LogP contribution is -2.62. The largest absolute Gasteiger partial charge is 0.367 e.